The van der Waals surface area contributed by atoms with Gasteiger partial charge in [0.05, 0.1) is 10.6 Å². The van der Waals surface area contributed by atoms with Crippen molar-refractivity contribution in [1.82, 2.24) is 23.9 Å². The van der Waals surface area contributed by atoms with Crippen molar-refractivity contribution in [3.8, 4) is 0 Å². The van der Waals surface area contributed by atoms with E-state index in [-0.39, 0.29) is 16.6 Å². The van der Waals surface area contributed by atoms with Crippen LogP contribution in [-0.4, -0.2) is 57.1 Å². The zero-order valence-corrected chi connectivity index (χ0v) is 18.3. The minimum absolute atomic E-state index is 0.0953. The molecule has 0 bridgehead atoms. The number of fused-ring (bicyclic) bond motifs is 1. The topological polar surface area (TPSA) is 110 Å². The summed E-state index contributed by atoms with van der Waals surface area (Å²) in [6.07, 6.45) is 1.75. The largest absolute Gasteiger partial charge is 0.325 e. The Kier molecular flexibility index (Phi) is 5.76. The SMILES string of the molecule is Cc1cc(C)n2nc(SCC(=O)Nc3cccc(S(=O)(=O)N4CCCC4)c3)nc2n1. The Morgan fingerprint density at radius 2 is 1.93 bits per heavy atom. The van der Waals surface area contributed by atoms with E-state index in [1.54, 1.807) is 22.7 Å². The number of thioether (sulfide) groups is 1. The fourth-order valence-electron chi connectivity index (χ4n) is 3.35. The molecule has 9 nitrogen and oxygen atoms in total. The number of carbonyl (C=O) groups is 1. The van der Waals surface area contributed by atoms with Crippen LogP contribution in [0.25, 0.3) is 5.78 Å². The van der Waals surface area contributed by atoms with Gasteiger partial charge in [-0.1, -0.05) is 17.8 Å². The van der Waals surface area contributed by atoms with E-state index in [9.17, 15) is 13.2 Å². The number of hydrogen-bond acceptors (Lipinski definition) is 7. The highest BCUT2D eigenvalue weighted by Gasteiger charge is 2.27. The van der Waals surface area contributed by atoms with Crippen molar-refractivity contribution < 1.29 is 13.2 Å². The first-order valence-electron chi connectivity index (χ1n) is 9.57. The molecule has 158 valence electrons. The number of carbonyl (C=O) groups excluding carboxylic acids is 1. The zero-order valence-electron chi connectivity index (χ0n) is 16.7. The minimum atomic E-state index is -3.53. The van der Waals surface area contributed by atoms with Gasteiger partial charge in [-0.25, -0.2) is 17.9 Å². The molecule has 30 heavy (non-hydrogen) atoms. The van der Waals surface area contributed by atoms with Gasteiger partial charge in [0.15, 0.2) is 0 Å². The van der Waals surface area contributed by atoms with Crippen LogP contribution in [-0.2, 0) is 14.8 Å². The van der Waals surface area contributed by atoms with Crippen molar-refractivity contribution in [3.05, 3.63) is 41.7 Å². The minimum Gasteiger partial charge on any atom is -0.325 e. The number of anilines is 1. The first-order chi connectivity index (χ1) is 14.3. The molecule has 1 aliphatic heterocycles. The molecule has 0 spiro atoms. The van der Waals surface area contributed by atoms with Crippen molar-refractivity contribution in [3.63, 3.8) is 0 Å². The van der Waals surface area contributed by atoms with Gasteiger partial charge in [0, 0.05) is 30.2 Å². The summed E-state index contributed by atoms with van der Waals surface area (Å²) >= 11 is 1.20. The molecule has 0 radical (unpaired) electrons. The number of sulfonamides is 1. The standard InChI is InChI=1S/C19H22N6O3S2/c1-13-10-14(2)25-18(20-13)22-19(23-25)29-12-17(26)21-15-6-5-7-16(11-15)30(27,28)24-8-3-4-9-24/h5-7,10-11H,3-4,8-9,12H2,1-2H3,(H,21,26). The molecule has 3 aromatic rings. The molecule has 4 rings (SSSR count). The van der Waals surface area contributed by atoms with E-state index in [1.165, 1.54) is 22.1 Å². The molecule has 0 saturated carbocycles. The lowest BCUT2D eigenvalue weighted by molar-refractivity contribution is -0.113. The number of benzene rings is 1. The predicted octanol–water partition coefficient (Wildman–Crippen LogP) is 2.26. The van der Waals surface area contributed by atoms with E-state index in [0.29, 0.717) is 29.7 Å². The van der Waals surface area contributed by atoms with Gasteiger partial charge in [0.2, 0.25) is 21.1 Å². The molecular formula is C19H22N6O3S2. The second-order valence-corrected chi connectivity index (χ2v) is 10.0. The number of aromatic nitrogens is 4. The Labute approximate surface area is 179 Å². The molecule has 1 aromatic carbocycles. The zero-order chi connectivity index (χ0) is 21.3. The van der Waals surface area contributed by atoms with Gasteiger partial charge >= 0.3 is 0 Å². The molecule has 0 atom stereocenters. The summed E-state index contributed by atoms with van der Waals surface area (Å²) < 4.78 is 28.5. The predicted molar refractivity (Wildman–Crippen MR) is 114 cm³/mol. The summed E-state index contributed by atoms with van der Waals surface area (Å²) in [7, 11) is -3.53. The second-order valence-electron chi connectivity index (χ2n) is 7.12. The lowest BCUT2D eigenvalue weighted by atomic mass is 10.3. The summed E-state index contributed by atoms with van der Waals surface area (Å²) in [6, 6.07) is 8.26. The number of aryl methyl sites for hydroxylation is 2. The van der Waals surface area contributed by atoms with Crippen LogP contribution in [0.5, 0.6) is 0 Å². The fraction of sp³-hybridized carbons (Fsp3) is 0.368. The van der Waals surface area contributed by atoms with E-state index in [0.717, 1.165) is 24.2 Å². The lowest BCUT2D eigenvalue weighted by Crippen LogP contribution is -2.28. The van der Waals surface area contributed by atoms with Crippen molar-refractivity contribution >= 4 is 39.2 Å². The van der Waals surface area contributed by atoms with Crippen LogP contribution in [0.1, 0.15) is 24.2 Å². The average Bonchev–Trinajstić information content (AvgIpc) is 3.37. The van der Waals surface area contributed by atoms with Gasteiger partial charge in [-0.05, 0) is 51.0 Å². The molecule has 1 N–H and O–H groups in total. The highest BCUT2D eigenvalue weighted by Crippen LogP contribution is 2.23. The molecule has 2 aromatic heterocycles. The Morgan fingerprint density at radius 3 is 2.70 bits per heavy atom. The third kappa shape index (κ3) is 4.32. The van der Waals surface area contributed by atoms with Crippen molar-refractivity contribution in [2.75, 3.05) is 24.2 Å². The van der Waals surface area contributed by atoms with Crippen LogP contribution in [0.4, 0.5) is 5.69 Å². The molecule has 0 aliphatic carbocycles. The summed E-state index contributed by atoms with van der Waals surface area (Å²) in [4.78, 5) is 21.2. The van der Waals surface area contributed by atoms with Crippen LogP contribution < -0.4 is 5.32 Å². The average molecular weight is 447 g/mol. The Balaban J connectivity index is 1.41. The number of hydrogen-bond donors (Lipinski definition) is 1. The van der Waals surface area contributed by atoms with Crippen LogP contribution >= 0.6 is 11.8 Å². The van der Waals surface area contributed by atoms with Gasteiger partial charge in [0.25, 0.3) is 5.78 Å². The Hall–Kier alpha value is -2.50. The molecule has 11 heteroatoms. The highest BCUT2D eigenvalue weighted by atomic mass is 32.2. The van der Waals surface area contributed by atoms with Gasteiger partial charge in [-0.3, -0.25) is 4.79 Å². The van der Waals surface area contributed by atoms with E-state index >= 15 is 0 Å². The van der Waals surface area contributed by atoms with Gasteiger partial charge in [0.1, 0.15) is 0 Å². The van der Waals surface area contributed by atoms with E-state index < -0.39 is 10.0 Å². The molecule has 1 aliphatic rings. The lowest BCUT2D eigenvalue weighted by Gasteiger charge is -2.16. The first kappa shape index (κ1) is 20.8. The van der Waals surface area contributed by atoms with Crippen molar-refractivity contribution in [2.45, 2.75) is 36.7 Å². The third-order valence-corrected chi connectivity index (χ3v) is 7.48. The second kappa shape index (κ2) is 8.32. The smallest absolute Gasteiger partial charge is 0.253 e. The third-order valence-electron chi connectivity index (χ3n) is 4.75. The fourth-order valence-corrected chi connectivity index (χ4v) is 5.53. The number of nitrogens with zero attached hydrogens (tertiary/aromatic N) is 5. The highest BCUT2D eigenvalue weighted by molar-refractivity contribution is 7.99. The van der Waals surface area contributed by atoms with E-state index in [4.69, 9.17) is 0 Å². The molecule has 1 amide bonds. The monoisotopic (exact) mass is 446 g/mol. The maximum Gasteiger partial charge on any atom is 0.253 e. The number of amides is 1. The quantitative estimate of drug-likeness (QED) is 0.578. The van der Waals surface area contributed by atoms with Crippen LogP contribution in [0, 0.1) is 13.8 Å². The number of nitrogens with one attached hydrogen (secondary N) is 1. The normalized spacial score (nSPS) is 15.0. The Morgan fingerprint density at radius 1 is 1.17 bits per heavy atom. The van der Waals surface area contributed by atoms with Gasteiger partial charge in [-0.15, -0.1) is 5.10 Å². The van der Waals surface area contributed by atoms with Gasteiger partial charge < -0.3 is 5.32 Å². The molecule has 3 heterocycles. The van der Waals surface area contributed by atoms with Crippen LogP contribution in [0.15, 0.2) is 40.4 Å². The maximum absolute atomic E-state index is 12.7. The Bertz CT molecular complexity index is 1200. The molecular weight excluding hydrogens is 424 g/mol. The summed E-state index contributed by atoms with van der Waals surface area (Å²) in [5.41, 5.74) is 2.21. The van der Waals surface area contributed by atoms with E-state index in [2.05, 4.69) is 20.4 Å². The van der Waals surface area contributed by atoms with Crippen LogP contribution in [0.3, 0.4) is 0 Å². The van der Waals surface area contributed by atoms with Crippen molar-refractivity contribution in [1.29, 1.82) is 0 Å². The van der Waals surface area contributed by atoms with E-state index in [1.807, 2.05) is 19.9 Å². The molecule has 1 saturated heterocycles. The van der Waals surface area contributed by atoms with Gasteiger partial charge in [-0.2, -0.15) is 9.29 Å². The number of rotatable bonds is 6. The van der Waals surface area contributed by atoms with Crippen molar-refractivity contribution in [2.24, 2.45) is 0 Å². The summed E-state index contributed by atoms with van der Waals surface area (Å²) in [5, 5.41) is 7.57. The summed E-state index contributed by atoms with van der Waals surface area (Å²) in [5.74, 6) is 0.323. The maximum atomic E-state index is 12.7. The molecule has 0 unspecified atom stereocenters. The van der Waals surface area contributed by atoms with Crippen LogP contribution in [0.2, 0.25) is 0 Å². The summed E-state index contributed by atoms with van der Waals surface area (Å²) in [6.45, 7) is 4.88. The first-order valence-corrected chi connectivity index (χ1v) is 12.0. The molecule has 1 fully saturated rings.